The molecular weight excluding hydrogens is 589 g/mol. The first-order valence-electron chi connectivity index (χ1n) is 13.4. The molecule has 0 aliphatic rings. The fraction of sp³-hybridized carbons (Fsp3) is 0.152. The number of aromatic nitrogens is 1. The van der Waals surface area contributed by atoms with Gasteiger partial charge in [0, 0.05) is 38.8 Å². The molecule has 10 heteroatoms. The molecule has 43 heavy (non-hydrogen) atoms. The second kappa shape index (κ2) is 13.5. The highest BCUT2D eigenvalue weighted by atomic mass is 35.5. The smallest absolute Gasteiger partial charge is 0.307 e. The molecule has 220 valence electrons. The van der Waals surface area contributed by atoms with Crippen LogP contribution in [0.15, 0.2) is 94.4 Å². The van der Waals surface area contributed by atoms with Gasteiger partial charge >= 0.3 is 5.91 Å². The third-order valence-corrected chi connectivity index (χ3v) is 7.04. The third-order valence-electron chi connectivity index (χ3n) is 6.57. The van der Waals surface area contributed by atoms with Crippen LogP contribution in [-0.4, -0.2) is 23.8 Å². The summed E-state index contributed by atoms with van der Waals surface area (Å²) in [6.07, 6.45) is 1.43. The van der Waals surface area contributed by atoms with Crippen LogP contribution < -0.4 is 19.6 Å². The first kappa shape index (κ1) is 29.8. The minimum absolute atomic E-state index is 0.0903. The molecule has 0 bridgehead atoms. The number of ether oxygens (including phenoxy) is 3. The number of carbonyl (C=O) groups is 1. The quantitative estimate of drug-likeness (QED) is 0.120. The number of nitrogens with one attached hydrogen (secondary N) is 1. The number of hydrogen-bond acceptors (Lipinski definition) is 6. The van der Waals surface area contributed by atoms with E-state index in [2.05, 4.69) is 41.1 Å². The second-order valence-electron chi connectivity index (χ2n) is 9.64. The Labute approximate surface area is 259 Å². The largest absolute Gasteiger partial charge is 0.493 e. The van der Waals surface area contributed by atoms with E-state index in [1.807, 2.05) is 36.4 Å². The number of hydrazone groups is 1. The lowest BCUT2D eigenvalue weighted by Gasteiger charge is -2.14. The predicted octanol–water partition coefficient (Wildman–Crippen LogP) is 7.92. The van der Waals surface area contributed by atoms with Gasteiger partial charge in [0.1, 0.15) is 24.7 Å². The molecule has 8 nitrogen and oxygen atoms in total. The molecule has 5 rings (SSSR count). The number of furan rings is 1. The number of nitrogens with zero attached hydrogens (tertiary/aromatic N) is 2. The van der Waals surface area contributed by atoms with E-state index < -0.39 is 5.91 Å². The van der Waals surface area contributed by atoms with Gasteiger partial charge in [-0.2, -0.15) is 5.10 Å². The lowest BCUT2D eigenvalue weighted by Crippen LogP contribution is -2.17. The van der Waals surface area contributed by atoms with Gasteiger partial charge in [-0.1, -0.05) is 35.3 Å². The summed E-state index contributed by atoms with van der Waals surface area (Å²) in [5.74, 6) is 1.59. The van der Waals surface area contributed by atoms with Crippen LogP contribution in [0.25, 0.3) is 5.69 Å². The molecular formula is C33H29Cl2N3O5. The maximum atomic E-state index is 12.7. The van der Waals surface area contributed by atoms with Crippen molar-refractivity contribution in [3.63, 3.8) is 0 Å². The van der Waals surface area contributed by atoms with Crippen molar-refractivity contribution < 1.29 is 23.4 Å². The zero-order valence-corrected chi connectivity index (χ0v) is 25.3. The highest BCUT2D eigenvalue weighted by Gasteiger charge is 2.14. The van der Waals surface area contributed by atoms with Crippen molar-refractivity contribution in [1.29, 1.82) is 0 Å². The number of halogens is 2. The molecule has 0 unspecified atom stereocenters. The van der Waals surface area contributed by atoms with E-state index in [1.165, 1.54) is 13.3 Å². The van der Waals surface area contributed by atoms with Gasteiger partial charge in [0.2, 0.25) is 0 Å². The highest BCUT2D eigenvalue weighted by molar-refractivity contribution is 6.31. The number of amides is 1. The van der Waals surface area contributed by atoms with Crippen LogP contribution in [0.3, 0.4) is 0 Å². The summed E-state index contributed by atoms with van der Waals surface area (Å²) in [7, 11) is 1.52. The Bertz CT molecular complexity index is 1720. The van der Waals surface area contributed by atoms with Crippen molar-refractivity contribution in [3.8, 4) is 22.9 Å². The molecule has 0 radical (unpaired) electrons. The van der Waals surface area contributed by atoms with Crippen LogP contribution in [-0.2, 0) is 13.2 Å². The molecule has 0 saturated carbocycles. The molecule has 1 N–H and O–H groups in total. The molecule has 5 aromatic rings. The van der Waals surface area contributed by atoms with Crippen LogP contribution in [0.2, 0.25) is 10.0 Å². The Balaban J connectivity index is 1.19. The summed E-state index contributed by atoms with van der Waals surface area (Å²) >= 11 is 12.2. The van der Waals surface area contributed by atoms with Crippen molar-refractivity contribution in [1.82, 2.24) is 9.99 Å². The van der Waals surface area contributed by atoms with Crippen molar-refractivity contribution in [2.24, 2.45) is 5.10 Å². The van der Waals surface area contributed by atoms with Crippen molar-refractivity contribution >= 4 is 35.3 Å². The fourth-order valence-electron chi connectivity index (χ4n) is 4.44. The Kier molecular flexibility index (Phi) is 9.39. The zero-order chi connectivity index (χ0) is 30.3. The van der Waals surface area contributed by atoms with Crippen LogP contribution in [0.5, 0.6) is 17.2 Å². The fourth-order valence-corrected chi connectivity index (χ4v) is 4.78. The zero-order valence-electron chi connectivity index (χ0n) is 23.8. The van der Waals surface area contributed by atoms with Crippen LogP contribution in [0.1, 0.15) is 38.8 Å². The van der Waals surface area contributed by atoms with Crippen LogP contribution in [0, 0.1) is 13.8 Å². The summed E-state index contributed by atoms with van der Waals surface area (Å²) in [4.78, 5) is 12.7. The Hall–Kier alpha value is -4.66. The van der Waals surface area contributed by atoms with Gasteiger partial charge in [0.15, 0.2) is 17.3 Å². The van der Waals surface area contributed by atoms with Gasteiger partial charge in [-0.3, -0.25) is 4.79 Å². The van der Waals surface area contributed by atoms with Crippen LogP contribution in [0.4, 0.5) is 0 Å². The molecule has 1 amide bonds. The second-order valence-corrected chi connectivity index (χ2v) is 10.5. The molecule has 3 aromatic carbocycles. The monoisotopic (exact) mass is 617 g/mol. The number of aryl methyl sites for hydroxylation is 2. The summed E-state index contributed by atoms with van der Waals surface area (Å²) in [5.41, 5.74) is 7.27. The van der Waals surface area contributed by atoms with E-state index in [4.69, 9.17) is 41.8 Å². The van der Waals surface area contributed by atoms with Crippen molar-refractivity contribution in [2.45, 2.75) is 27.1 Å². The number of rotatable bonds is 11. The van der Waals surface area contributed by atoms with E-state index in [1.54, 1.807) is 36.4 Å². The average molecular weight is 619 g/mol. The van der Waals surface area contributed by atoms with Gasteiger partial charge in [0.05, 0.1) is 13.3 Å². The average Bonchev–Trinajstić information content (AvgIpc) is 3.62. The van der Waals surface area contributed by atoms with Gasteiger partial charge in [-0.15, -0.1) is 0 Å². The summed E-state index contributed by atoms with van der Waals surface area (Å²) < 4.78 is 25.2. The normalized spacial score (nSPS) is 11.1. The Morgan fingerprint density at radius 1 is 0.884 bits per heavy atom. The molecule has 0 aliphatic heterocycles. The summed E-state index contributed by atoms with van der Waals surface area (Å²) in [5, 5.41) is 5.13. The minimum Gasteiger partial charge on any atom is -0.493 e. The number of methoxy groups -OCH3 is 1. The lowest BCUT2D eigenvalue weighted by molar-refractivity contribution is 0.0923. The SMILES string of the molecule is COc1cc(Cl)cc(C=NNC(=O)c2ccc(COc3ccc(-n4c(C)ccc4C)cc3)o2)c1OCc1ccc(Cl)cc1. The third kappa shape index (κ3) is 7.41. The van der Waals surface area contributed by atoms with E-state index in [9.17, 15) is 4.79 Å². The number of carbonyl (C=O) groups excluding carboxylic acids is 1. The maximum absolute atomic E-state index is 12.7. The van der Waals surface area contributed by atoms with Gasteiger partial charge in [-0.25, -0.2) is 5.43 Å². The molecule has 2 aromatic heterocycles. The molecule has 0 saturated heterocycles. The van der Waals surface area contributed by atoms with Crippen molar-refractivity contribution in [3.05, 3.63) is 129 Å². The minimum atomic E-state index is -0.526. The van der Waals surface area contributed by atoms with Gasteiger partial charge in [0.25, 0.3) is 0 Å². The lowest BCUT2D eigenvalue weighted by atomic mass is 10.2. The molecule has 0 atom stereocenters. The van der Waals surface area contributed by atoms with E-state index >= 15 is 0 Å². The molecule has 0 aliphatic carbocycles. The Morgan fingerprint density at radius 3 is 2.30 bits per heavy atom. The maximum Gasteiger partial charge on any atom is 0.307 e. The van der Waals surface area contributed by atoms with Crippen LogP contribution >= 0.6 is 23.2 Å². The van der Waals surface area contributed by atoms with Gasteiger partial charge in [-0.05, 0) is 86.1 Å². The summed E-state index contributed by atoms with van der Waals surface area (Å²) in [6, 6.07) is 25.8. The first-order valence-corrected chi connectivity index (χ1v) is 14.1. The van der Waals surface area contributed by atoms with Crippen molar-refractivity contribution in [2.75, 3.05) is 7.11 Å². The summed E-state index contributed by atoms with van der Waals surface area (Å²) in [6.45, 7) is 4.56. The topological polar surface area (TPSA) is 87.2 Å². The predicted molar refractivity (Wildman–Crippen MR) is 167 cm³/mol. The van der Waals surface area contributed by atoms with Gasteiger partial charge < -0.3 is 23.2 Å². The Morgan fingerprint density at radius 2 is 1.60 bits per heavy atom. The molecule has 2 heterocycles. The molecule has 0 spiro atoms. The standard InChI is InChI=1S/C33H29Cl2N3O5/c1-21-4-5-22(2)38(21)27-10-12-28(13-11-27)41-20-29-14-15-30(43-29)33(39)37-36-18-24-16-26(35)17-31(40-3)32(24)42-19-23-6-8-25(34)9-7-23/h4-18H,19-20H2,1-3H3,(H,37,39). The molecule has 0 fully saturated rings. The first-order chi connectivity index (χ1) is 20.8. The van der Waals surface area contributed by atoms with E-state index in [0.29, 0.717) is 38.6 Å². The number of benzene rings is 3. The number of hydrogen-bond donors (Lipinski definition) is 1. The van der Waals surface area contributed by atoms with E-state index in [0.717, 1.165) is 22.6 Å². The van der Waals surface area contributed by atoms with E-state index in [-0.39, 0.29) is 19.0 Å². The highest BCUT2D eigenvalue weighted by Crippen LogP contribution is 2.34.